The Hall–Kier alpha value is -2.79. The van der Waals surface area contributed by atoms with Gasteiger partial charge in [-0.1, -0.05) is 30.7 Å². The molecule has 1 aliphatic carbocycles. The van der Waals surface area contributed by atoms with Gasteiger partial charge >= 0.3 is 0 Å². The van der Waals surface area contributed by atoms with Crippen molar-refractivity contribution in [1.29, 1.82) is 0 Å². The third-order valence-corrected chi connectivity index (χ3v) is 5.82. The number of aromatic hydroxyl groups is 1. The lowest BCUT2D eigenvalue weighted by molar-refractivity contribution is 0.373. The highest BCUT2D eigenvalue weighted by Crippen LogP contribution is 2.32. The van der Waals surface area contributed by atoms with Crippen LogP contribution in [0.2, 0.25) is 0 Å². The molecule has 0 fully saturated rings. The van der Waals surface area contributed by atoms with E-state index in [-0.39, 0.29) is 5.75 Å². The molecule has 1 aliphatic rings. The summed E-state index contributed by atoms with van der Waals surface area (Å²) < 4.78 is 5.18. The summed E-state index contributed by atoms with van der Waals surface area (Å²) in [7, 11) is 1.57. The van der Waals surface area contributed by atoms with Crippen molar-refractivity contribution in [2.75, 3.05) is 25.5 Å². The van der Waals surface area contributed by atoms with Crippen molar-refractivity contribution >= 4 is 16.6 Å². The van der Waals surface area contributed by atoms with Crippen LogP contribution in [0.25, 0.3) is 10.9 Å². The second-order valence-corrected chi connectivity index (χ2v) is 7.95. The van der Waals surface area contributed by atoms with E-state index in [9.17, 15) is 5.11 Å². The minimum absolute atomic E-state index is 0.175. The molecule has 3 aromatic rings. The van der Waals surface area contributed by atoms with Gasteiger partial charge in [0.2, 0.25) is 0 Å². The largest absolute Gasteiger partial charge is 0.504 e. The Morgan fingerprint density at radius 1 is 1.03 bits per heavy atom. The molecular weight excluding hydrogens is 374 g/mol. The van der Waals surface area contributed by atoms with Gasteiger partial charge in [0.15, 0.2) is 11.5 Å². The zero-order valence-corrected chi connectivity index (χ0v) is 17.7. The fraction of sp³-hybridized carbons (Fsp3) is 0.400. The van der Waals surface area contributed by atoms with Crippen molar-refractivity contribution in [3.8, 4) is 11.5 Å². The number of benzene rings is 2. The fourth-order valence-electron chi connectivity index (χ4n) is 4.24. The molecule has 3 N–H and O–H groups in total. The molecule has 4 rings (SSSR count). The summed E-state index contributed by atoms with van der Waals surface area (Å²) in [5, 5.41) is 18.2. The summed E-state index contributed by atoms with van der Waals surface area (Å²) in [6.45, 7) is 2.60. The van der Waals surface area contributed by atoms with Gasteiger partial charge in [-0.05, 0) is 68.0 Å². The third-order valence-electron chi connectivity index (χ3n) is 5.82. The van der Waals surface area contributed by atoms with E-state index in [4.69, 9.17) is 9.72 Å². The van der Waals surface area contributed by atoms with Gasteiger partial charge in [0, 0.05) is 29.9 Å². The molecule has 30 heavy (non-hydrogen) atoms. The Labute approximate surface area is 178 Å². The van der Waals surface area contributed by atoms with Crippen LogP contribution in [0.4, 0.5) is 5.69 Å². The maximum Gasteiger partial charge on any atom is 0.160 e. The number of aromatic nitrogens is 1. The molecule has 5 nitrogen and oxygen atoms in total. The van der Waals surface area contributed by atoms with Crippen molar-refractivity contribution in [2.45, 2.75) is 45.1 Å². The van der Waals surface area contributed by atoms with Gasteiger partial charge < -0.3 is 20.5 Å². The highest BCUT2D eigenvalue weighted by Gasteiger charge is 2.16. The van der Waals surface area contributed by atoms with Crippen LogP contribution in [0.3, 0.4) is 0 Å². The number of ether oxygens (including phenoxy) is 1. The number of phenolic OH excluding ortho intramolecular Hbond substituents is 1. The highest BCUT2D eigenvalue weighted by atomic mass is 16.5. The van der Waals surface area contributed by atoms with E-state index in [1.165, 1.54) is 41.6 Å². The van der Waals surface area contributed by atoms with Crippen molar-refractivity contribution in [3.63, 3.8) is 0 Å². The molecule has 0 unspecified atom stereocenters. The molecule has 0 amide bonds. The van der Waals surface area contributed by atoms with Crippen LogP contribution < -0.4 is 15.4 Å². The van der Waals surface area contributed by atoms with E-state index >= 15 is 0 Å². The third kappa shape index (κ3) is 4.68. The van der Waals surface area contributed by atoms with Crippen LogP contribution >= 0.6 is 0 Å². The normalized spacial score (nSPS) is 13.6. The average Bonchev–Trinajstić information content (AvgIpc) is 3.01. The van der Waals surface area contributed by atoms with Crippen molar-refractivity contribution < 1.29 is 9.84 Å². The molecule has 1 heterocycles. The van der Waals surface area contributed by atoms with Gasteiger partial charge in [-0.2, -0.15) is 0 Å². The van der Waals surface area contributed by atoms with Crippen LogP contribution in [-0.4, -0.2) is 30.3 Å². The van der Waals surface area contributed by atoms with E-state index in [2.05, 4.69) is 34.9 Å². The molecule has 0 atom stereocenters. The minimum atomic E-state index is 0.175. The number of nitrogens with one attached hydrogen (secondary N) is 2. The first-order valence-corrected chi connectivity index (χ1v) is 11.0. The van der Waals surface area contributed by atoms with Crippen molar-refractivity contribution in [2.24, 2.45) is 0 Å². The number of hydrogen-bond donors (Lipinski definition) is 3. The number of para-hydroxylation sites is 1. The summed E-state index contributed by atoms with van der Waals surface area (Å²) in [5.41, 5.74) is 6.20. The monoisotopic (exact) mass is 405 g/mol. The van der Waals surface area contributed by atoms with Crippen molar-refractivity contribution in [3.05, 3.63) is 59.3 Å². The molecule has 0 bridgehead atoms. The summed E-state index contributed by atoms with van der Waals surface area (Å²) in [5.74, 6) is 0.690. The lowest BCUT2D eigenvalue weighted by atomic mass is 10.0. The summed E-state index contributed by atoms with van der Waals surface area (Å²) in [6, 6.07) is 14.0. The standard InChI is InChI=1S/C25H31N3O2/c1-30-24-16-18(12-13-23(24)29)17-26-14-7-15-27-25-19-8-3-2-4-10-21(19)28-22-11-6-5-9-20(22)25/h5-6,9,11-13,16,26,29H,2-4,7-8,10,14-15,17H2,1H3,(H,27,28). The summed E-state index contributed by atoms with van der Waals surface area (Å²) in [6.07, 6.45) is 7.02. The molecule has 1 aromatic heterocycles. The number of nitrogens with zero attached hydrogens (tertiary/aromatic N) is 1. The van der Waals surface area contributed by atoms with E-state index in [1.54, 1.807) is 13.2 Å². The van der Waals surface area contributed by atoms with Crippen LogP contribution in [0.15, 0.2) is 42.5 Å². The SMILES string of the molecule is COc1cc(CNCCCNc2c3c(nc4ccccc24)CCCCC3)ccc1O. The lowest BCUT2D eigenvalue weighted by Gasteiger charge is -2.17. The van der Waals surface area contributed by atoms with Crippen LogP contribution in [0.5, 0.6) is 11.5 Å². The van der Waals surface area contributed by atoms with Gasteiger partial charge in [0.05, 0.1) is 12.6 Å². The Kier molecular flexibility index (Phi) is 6.70. The predicted molar refractivity (Wildman–Crippen MR) is 122 cm³/mol. The van der Waals surface area contributed by atoms with Crippen LogP contribution in [0, 0.1) is 0 Å². The average molecular weight is 406 g/mol. The number of fused-ring (bicyclic) bond motifs is 2. The van der Waals surface area contributed by atoms with E-state index in [0.29, 0.717) is 5.75 Å². The highest BCUT2D eigenvalue weighted by molar-refractivity contribution is 5.93. The first-order valence-electron chi connectivity index (χ1n) is 11.0. The molecular formula is C25H31N3O2. The van der Waals surface area contributed by atoms with E-state index in [1.807, 2.05) is 12.1 Å². The number of methoxy groups -OCH3 is 1. The number of aryl methyl sites for hydroxylation is 1. The first kappa shape index (κ1) is 20.5. The Bertz CT molecular complexity index is 1000. The fourth-order valence-corrected chi connectivity index (χ4v) is 4.24. The molecule has 0 aliphatic heterocycles. The molecule has 0 saturated heterocycles. The molecule has 0 spiro atoms. The number of phenols is 1. The van der Waals surface area contributed by atoms with Crippen LogP contribution in [0.1, 0.15) is 42.5 Å². The molecule has 0 saturated carbocycles. The summed E-state index contributed by atoms with van der Waals surface area (Å²) in [4.78, 5) is 4.97. The Morgan fingerprint density at radius 2 is 1.90 bits per heavy atom. The molecule has 0 radical (unpaired) electrons. The molecule has 5 heteroatoms. The topological polar surface area (TPSA) is 66.4 Å². The second-order valence-electron chi connectivity index (χ2n) is 7.95. The quantitative estimate of drug-likeness (QED) is 0.371. The van der Waals surface area contributed by atoms with Gasteiger partial charge in [0.1, 0.15) is 0 Å². The van der Waals surface area contributed by atoms with Crippen molar-refractivity contribution in [1.82, 2.24) is 10.3 Å². The Balaban J connectivity index is 1.35. The molecule has 158 valence electrons. The first-order chi connectivity index (χ1) is 14.8. The van der Waals surface area contributed by atoms with E-state index in [0.717, 1.165) is 50.0 Å². The molecule has 2 aromatic carbocycles. The van der Waals surface area contributed by atoms with Crippen LogP contribution in [-0.2, 0) is 19.4 Å². The van der Waals surface area contributed by atoms with E-state index < -0.39 is 0 Å². The van der Waals surface area contributed by atoms with Gasteiger partial charge in [-0.3, -0.25) is 4.98 Å². The summed E-state index contributed by atoms with van der Waals surface area (Å²) >= 11 is 0. The number of anilines is 1. The van der Waals surface area contributed by atoms with Gasteiger partial charge in [-0.25, -0.2) is 0 Å². The smallest absolute Gasteiger partial charge is 0.160 e. The maximum atomic E-state index is 9.70. The van der Waals surface area contributed by atoms with Gasteiger partial charge in [-0.15, -0.1) is 0 Å². The zero-order valence-electron chi connectivity index (χ0n) is 17.7. The lowest BCUT2D eigenvalue weighted by Crippen LogP contribution is -2.18. The second kappa shape index (κ2) is 9.81. The maximum absolute atomic E-state index is 9.70. The Morgan fingerprint density at radius 3 is 2.80 bits per heavy atom. The predicted octanol–water partition coefficient (Wildman–Crippen LogP) is 4.81. The van der Waals surface area contributed by atoms with Gasteiger partial charge in [0.25, 0.3) is 0 Å². The zero-order chi connectivity index (χ0) is 20.8. The minimum Gasteiger partial charge on any atom is -0.504 e. The number of hydrogen-bond acceptors (Lipinski definition) is 5. The number of rotatable bonds is 8. The number of pyridine rings is 1.